The maximum atomic E-state index is 11.5. The zero-order chi connectivity index (χ0) is 23.7. The van der Waals surface area contributed by atoms with Crippen LogP contribution in [0.3, 0.4) is 0 Å². The standard InChI is InChI=1S/C27H17N3O4/c31-29(32)21-12-6-10-19(16-21)26-25(18-8-2-1-3-9-18)23-14-4-5-15-24(23)28-27(26)20-11-7-13-22(17-20)30(33)34/h1-17H. The van der Waals surface area contributed by atoms with Crippen LogP contribution in [0.15, 0.2) is 103 Å². The Bertz CT molecular complexity index is 1570. The summed E-state index contributed by atoms with van der Waals surface area (Å²) in [6, 6.07) is 30.0. The van der Waals surface area contributed by atoms with E-state index in [0.29, 0.717) is 22.4 Å². The lowest BCUT2D eigenvalue weighted by Crippen LogP contribution is -1.98. The first kappa shape index (κ1) is 21.0. The van der Waals surface area contributed by atoms with Crippen LogP contribution < -0.4 is 0 Å². The lowest BCUT2D eigenvalue weighted by atomic mass is 9.88. The smallest absolute Gasteiger partial charge is 0.258 e. The zero-order valence-electron chi connectivity index (χ0n) is 17.8. The molecule has 1 heterocycles. The zero-order valence-corrected chi connectivity index (χ0v) is 17.8. The molecule has 34 heavy (non-hydrogen) atoms. The number of hydrogen-bond donors (Lipinski definition) is 0. The lowest BCUT2D eigenvalue weighted by molar-refractivity contribution is -0.385. The van der Waals surface area contributed by atoms with E-state index in [2.05, 4.69) is 0 Å². The van der Waals surface area contributed by atoms with Crippen LogP contribution in [0.1, 0.15) is 0 Å². The molecular formula is C27H17N3O4. The molecule has 1 aromatic heterocycles. The van der Waals surface area contributed by atoms with Crippen LogP contribution in [-0.2, 0) is 0 Å². The molecule has 0 saturated carbocycles. The molecule has 0 spiro atoms. The van der Waals surface area contributed by atoms with Crippen LogP contribution in [-0.4, -0.2) is 14.8 Å². The second kappa shape index (κ2) is 8.55. The molecule has 4 aromatic carbocycles. The van der Waals surface area contributed by atoms with Gasteiger partial charge in [0.25, 0.3) is 11.4 Å². The third-order valence-electron chi connectivity index (χ3n) is 5.63. The van der Waals surface area contributed by atoms with E-state index in [9.17, 15) is 20.2 Å². The van der Waals surface area contributed by atoms with E-state index in [1.54, 1.807) is 24.3 Å². The molecule has 5 aromatic rings. The molecule has 5 rings (SSSR count). The fourth-order valence-electron chi connectivity index (χ4n) is 4.15. The van der Waals surface area contributed by atoms with Gasteiger partial charge in [-0.2, -0.15) is 0 Å². The summed E-state index contributed by atoms with van der Waals surface area (Å²) in [7, 11) is 0. The first-order chi connectivity index (χ1) is 16.5. The van der Waals surface area contributed by atoms with Gasteiger partial charge in [0.05, 0.1) is 21.1 Å². The van der Waals surface area contributed by atoms with E-state index in [1.165, 1.54) is 24.3 Å². The van der Waals surface area contributed by atoms with Crippen molar-refractivity contribution in [2.45, 2.75) is 0 Å². The molecule has 0 aliphatic heterocycles. The number of nitro benzene ring substituents is 2. The van der Waals surface area contributed by atoms with Crippen molar-refractivity contribution in [3.63, 3.8) is 0 Å². The first-order valence-electron chi connectivity index (χ1n) is 10.5. The van der Waals surface area contributed by atoms with Crippen molar-refractivity contribution in [3.8, 4) is 33.5 Å². The second-order valence-corrected chi connectivity index (χ2v) is 7.71. The Balaban J connectivity index is 1.95. The van der Waals surface area contributed by atoms with Gasteiger partial charge in [0, 0.05) is 46.3 Å². The maximum absolute atomic E-state index is 11.5. The van der Waals surface area contributed by atoms with Gasteiger partial charge < -0.3 is 0 Å². The molecule has 0 bridgehead atoms. The molecule has 0 fully saturated rings. The van der Waals surface area contributed by atoms with Gasteiger partial charge in [0.15, 0.2) is 0 Å². The van der Waals surface area contributed by atoms with E-state index in [4.69, 9.17) is 4.98 Å². The molecule has 0 aliphatic carbocycles. The minimum Gasteiger partial charge on any atom is -0.258 e. The first-order valence-corrected chi connectivity index (χ1v) is 10.5. The molecule has 7 heteroatoms. The van der Waals surface area contributed by atoms with E-state index in [1.807, 2.05) is 54.6 Å². The molecule has 0 N–H and O–H groups in total. The summed E-state index contributed by atoms with van der Waals surface area (Å²) in [5.41, 5.74) is 4.73. The average molecular weight is 447 g/mol. The van der Waals surface area contributed by atoms with Crippen molar-refractivity contribution >= 4 is 22.3 Å². The number of nitro groups is 2. The Labute approximate surface area is 194 Å². The molecule has 0 amide bonds. The average Bonchev–Trinajstić information content (AvgIpc) is 2.88. The van der Waals surface area contributed by atoms with Gasteiger partial charge in [-0.25, -0.2) is 4.98 Å². The number of benzene rings is 4. The fraction of sp³-hybridized carbons (Fsp3) is 0. The highest BCUT2D eigenvalue weighted by molar-refractivity contribution is 6.07. The van der Waals surface area contributed by atoms with E-state index in [0.717, 1.165) is 22.0 Å². The summed E-state index contributed by atoms with van der Waals surface area (Å²) >= 11 is 0. The SMILES string of the molecule is O=[N+]([O-])c1cccc(-c2nc3ccccc3c(-c3ccccc3)c2-c2cccc([N+](=O)[O-])c2)c1. The number of hydrogen-bond acceptors (Lipinski definition) is 5. The van der Waals surface area contributed by atoms with Crippen LogP contribution in [0, 0.1) is 20.2 Å². The number of rotatable bonds is 5. The Hall–Kier alpha value is -4.91. The predicted molar refractivity (Wildman–Crippen MR) is 131 cm³/mol. The summed E-state index contributed by atoms with van der Waals surface area (Å²) in [4.78, 5) is 27.0. The van der Waals surface area contributed by atoms with Gasteiger partial charge in [-0.1, -0.05) is 72.8 Å². The summed E-state index contributed by atoms with van der Waals surface area (Å²) in [6.07, 6.45) is 0. The van der Waals surface area contributed by atoms with Gasteiger partial charge in [0.2, 0.25) is 0 Å². The van der Waals surface area contributed by atoms with Crippen molar-refractivity contribution in [2.75, 3.05) is 0 Å². The van der Waals surface area contributed by atoms with Crippen LogP contribution in [0.2, 0.25) is 0 Å². The second-order valence-electron chi connectivity index (χ2n) is 7.71. The molecule has 0 saturated heterocycles. The highest BCUT2D eigenvalue weighted by Crippen LogP contribution is 2.44. The van der Waals surface area contributed by atoms with Crippen molar-refractivity contribution in [1.82, 2.24) is 4.98 Å². The molecule has 7 nitrogen and oxygen atoms in total. The maximum Gasteiger partial charge on any atom is 0.270 e. The van der Waals surface area contributed by atoms with Gasteiger partial charge >= 0.3 is 0 Å². The highest BCUT2D eigenvalue weighted by Gasteiger charge is 2.22. The molecular weight excluding hydrogens is 430 g/mol. The highest BCUT2D eigenvalue weighted by atomic mass is 16.6. The van der Waals surface area contributed by atoms with Crippen molar-refractivity contribution in [2.24, 2.45) is 0 Å². The quantitative estimate of drug-likeness (QED) is 0.212. The molecule has 164 valence electrons. The third kappa shape index (κ3) is 3.75. The summed E-state index contributed by atoms with van der Waals surface area (Å²) < 4.78 is 0. The van der Waals surface area contributed by atoms with Gasteiger partial charge in [-0.05, 0) is 17.2 Å². The normalized spacial score (nSPS) is 10.8. The van der Waals surface area contributed by atoms with E-state index >= 15 is 0 Å². The van der Waals surface area contributed by atoms with E-state index < -0.39 is 9.85 Å². The van der Waals surface area contributed by atoms with Crippen LogP contribution in [0.5, 0.6) is 0 Å². The van der Waals surface area contributed by atoms with Crippen molar-refractivity contribution in [3.05, 3.63) is 123 Å². The third-order valence-corrected chi connectivity index (χ3v) is 5.63. The summed E-state index contributed by atoms with van der Waals surface area (Å²) in [6.45, 7) is 0. The predicted octanol–water partition coefficient (Wildman–Crippen LogP) is 7.05. The lowest BCUT2D eigenvalue weighted by Gasteiger charge is -2.18. The van der Waals surface area contributed by atoms with Crippen LogP contribution in [0.25, 0.3) is 44.4 Å². The van der Waals surface area contributed by atoms with Crippen LogP contribution >= 0.6 is 0 Å². The number of pyridine rings is 1. The summed E-state index contributed by atoms with van der Waals surface area (Å²) in [5, 5.41) is 23.9. The number of nitrogens with zero attached hydrogens (tertiary/aromatic N) is 3. The number of aromatic nitrogens is 1. The van der Waals surface area contributed by atoms with E-state index in [-0.39, 0.29) is 11.4 Å². The molecule has 0 unspecified atom stereocenters. The monoisotopic (exact) mass is 447 g/mol. The van der Waals surface area contributed by atoms with Gasteiger partial charge in [-0.3, -0.25) is 20.2 Å². The Morgan fingerprint density at radius 3 is 1.79 bits per heavy atom. The van der Waals surface area contributed by atoms with Crippen molar-refractivity contribution in [1.29, 1.82) is 0 Å². The van der Waals surface area contributed by atoms with Crippen LogP contribution in [0.4, 0.5) is 11.4 Å². The number of fused-ring (bicyclic) bond motifs is 1. The Morgan fingerprint density at radius 1 is 0.559 bits per heavy atom. The topological polar surface area (TPSA) is 99.2 Å². The minimum atomic E-state index is -0.449. The fourth-order valence-corrected chi connectivity index (χ4v) is 4.15. The number of para-hydroxylation sites is 1. The Kier molecular flexibility index (Phi) is 5.27. The van der Waals surface area contributed by atoms with Gasteiger partial charge in [0.1, 0.15) is 0 Å². The van der Waals surface area contributed by atoms with Gasteiger partial charge in [-0.15, -0.1) is 0 Å². The Morgan fingerprint density at radius 2 is 1.12 bits per heavy atom. The summed E-state index contributed by atoms with van der Waals surface area (Å²) in [5.74, 6) is 0. The minimum absolute atomic E-state index is 0.0466. The number of non-ortho nitro benzene ring substituents is 2. The molecule has 0 aliphatic rings. The largest absolute Gasteiger partial charge is 0.270 e. The van der Waals surface area contributed by atoms with Crippen molar-refractivity contribution < 1.29 is 9.85 Å². The molecule has 0 radical (unpaired) electrons. The molecule has 0 atom stereocenters.